The molecule has 19 heavy (non-hydrogen) atoms. The van der Waals surface area contributed by atoms with Gasteiger partial charge in [-0.05, 0) is 23.8 Å². The van der Waals surface area contributed by atoms with Crippen LogP contribution in [0.2, 0.25) is 0 Å². The van der Waals surface area contributed by atoms with Gasteiger partial charge in [-0.3, -0.25) is 4.79 Å². The van der Waals surface area contributed by atoms with E-state index in [1.54, 1.807) is 24.4 Å². The molecule has 0 saturated heterocycles. The molecule has 0 aliphatic heterocycles. The number of benzene rings is 2. The van der Waals surface area contributed by atoms with Crippen molar-refractivity contribution in [2.75, 3.05) is 0 Å². The van der Waals surface area contributed by atoms with Crippen molar-refractivity contribution >= 4 is 18.2 Å². The van der Waals surface area contributed by atoms with Crippen molar-refractivity contribution in [3.05, 3.63) is 77.9 Å². The summed E-state index contributed by atoms with van der Waals surface area (Å²) in [6.07, 6.45) is 5.24. The van der Waals surface area contributed by atoms with Crippen LogP contribution in [0.3, 0.4) is 0 Å². The predicted molar refractivity (Wildman–Crippen MR) is 77.9 cm³/mol. The Labute approximate surface area is 112 Å². The minimum absolute atomic E-state index is 0.218. The first-order valence-electron chi connectivity index (χ1n) is 5.96. The summed E-state index contributed by atoms with van der Waals surface area (Å²) in [4.78, 5) is 11.6. The third-order valence-corrected chi connectivity index (χ3v) is 2.45. The first-order valence-corrected chi connectivity index (χ1v) is 5.96. The molecule has 0 unspecified atom stereocenters. The van der Waals surface area contributed by atoms with Gasteiger partial charge in [-0.25, -0.2) is 5.43 Å². The van der Waals surface area contributed by atoms with Crippen LogP contribution in [-0.4, -0.2) is 12.1 Å². The Balaban J connectivity index is 1.84. The molecule has 1 amide bonds. The number of nitrogens with zero attached hydrogens (tertiary/aromatic N) is 1. The predicted octanol–water partition coefficient (Wildman–Crippen LogP) is 3.12. The van der Waals surface area contributed by atoms with Gasteiger partial charge in [-0.2, -0.15) is 5.10 Å². The van der Waals surface area contributed by atoms with E-state index < -0.39 is 0 Å². The molecular formula is C16H14N2O. The summed E-state index contributed by atoms with van der Waals surface area (Å²) in [6, 6.07) is 18.9. The third kappa shape index (κ3) is 4.24. The molecule has 0 bridgehead atoms. The third-order valence-electron chi connectivity index (χ3n) is 2.45. The van der Waals surface area contributed by atoms with E-state index in [4.69, 9.17) is 0 Å². The van der Waals surface area contributed by atoms with E-state index in [1.165, 1.54) is 0 Å². The summed E-state index contributed by atoms with van der Waals surface area (Å²) in [6.45, 7) is 0. The number of hydrazone groups is 1. The summed E-state index contributed by atoms with van der Waals surface area (Å²) < 4.78 is 0. The molecule has 0 spiro atoms. The number of amides is 1. The molecule has 0 radical (unpaired) electrons. The Kier molecular flexibility index (Phi) is 4.64. The number of carbonyl (C=O) groups is 1. The van der Waals surface area contributed by atoms with Crippen LogP contribution in [0.15, 0.2) is 71.8 Å². The van der Waals surface area contributed by atoms with Crippen LogP contribution in [0.5, 0.6) is 0 Å². The smallest absolute Gasteiger partial charge is 0.267 e. The van der Waals surface area contributed by atoms with Gasteiger partial charge in [0.15, 0.2) is 0 Å². The maximum absolute atomic E-state index is 11.6. The number of rotatable bonds is 4. The summed E-state index contributed by atoms with van der Waals surface area (Å²) in [5.74, 6) is -0.218. The summed E-state index contributed by atoms with van der Waals surface area (Å²) in [7, 11) is 0. The van der Waals surface area contributed by atoms with Crippen molar-refractivity contribution in [2.24, 2.45) is 5.10 Å². The van der Waals surface area contributed by atoms with E-state index in [1.807, 2.05) is 54.6 Å². The van der Waals surface area contributed by atoms with Crippen LogP contribution in [0.4, 0.5) is 0 Å². The van der Waals surface area contributed by atoms with Crippen LogP contribution in [-0.2, 0) is 0 Å². The zero-order valence-electron chi connectivity index (χ0n) is 10.4. The van der Waals surface area contributed by atoms with Crippen LogP contribution < -0.4 is 5.43 Å². The van der Waals surface area contributed by atoms with Crippen molar-refractivity contribution in [1.82, 2.24) is 5.43 Å². The van der Waals surface area contributed by atoms with Gasteiger partial charge < -0.3 is 0 Å². The quantitative estimate of drug-likeness (QED) is 0.657. The Morgan fingerprint density at radius 3 is 2.26 bits per heavy atom. The van der Waals surface area contributed by atoms with Crippen molar-refractivity contribution in [2.45, 2.75) is 0 Å². The molecule has 0 aliphatic carbocycles. The van der Waals surface area contributed by atoms with Gasteiger partial charge in [0.05, 0.1) is 0 Å². The van der Waals surface area contributed by atoms with E-state index in [9.17, 15) is 4.79 Å². The van der Waals surface area contributed by atoms with E-state index in [0.717, 1.165) is 5.56 Å². The van der Waals surface area contributed by atoms with Gasteiger partial charge in [0.2, 0.25) is 0 Å². The van der Waals surface area contributed by atoms with Crippen LogP contribution in [0, 0.1) is 0 Å². The van der Waals surface area contributed by atoms with Gasteiger partial charge >= 0.3 is 0 Å². The molecule has 94 valence electrons. The molecule has 0 fully saturated rings. The second-order valence-corrected chi connectivity index (χ2v) is 3.85. The fraction of sp³-hybridized carbons (Fsp3) is 0. The van der Waals surface area contributed by atoms with Crippen molar-refractivity contribution < 1.29 is 4.79 Å². The number of hydrogen-bond donors (Lipinski definition) is 1. The maximum Gasteiger partial charge on any atom is 0.271 e. The summed E-state index contributed by atoms with van der Waals surface area (Å²) >= 11 is 0. The van der Waals surface area contributed by atoms with Crippen LogP contribution in [0.1, 0.15) is 15.9 Å². The first-order chi connectivity index (χ1) is 9.36. The highest BCUT2D eigenvalue weighted by molar-refractivity contribution is 5.94. The van der Waals surface area contributed by atoms with E-state index in [2.05, 4.69) is 10.5 Å². The highest BCUT2D eigenvalue weighted by Crippen LogP contribution is 2.00. The number of hydrogen-bond acceptors (Lipinski definition) is 2. The standard InChI is InChI=1S/C16H14N2O/c19-16(15-11-5-2-6-12-15)18-17-13-7-10-14-8-3-1-4-9-14/h1-13H,(H,18,19)/b10-7+,17-13?. The van der Waals surface area contributed by atoms with E-state index in [-0.39, 0.29) is 5.91 Å². The number of nitrogens with one attached hydrogen (secondary N) is 1. The highest BCUT2D eigenvalue weighted by Gasteiger charge is 2.00. The zero-order valence-corrected chi connectivity index (χ0v) is 10.4. The molecule has 0 heterocycles. The number of carbonyl (C=O) groups excluding carboxylic acids is 1. The second-order valence-electron chi connectivity index (χ2n) is 3.85. The Morgan fingerprint density at radius 1 is 0.947 bits per heavy atom. The average Bonchev–Trinajstić information content (AvgIpc) is 2.49. The monoisotopic (exact) mass is 250 g/mol. The maximum atomic E-state index is 11.6. The molecule has 3 nitrogen and oxygen atoms in total. The van der Waals surface area contributed by atoms with Gasteiger partial charge in [-0.1, -0.05) is 54.6 Å². The van der Waals surface area contributed by atoms with Crippen molar-refractivity contribution in [3.8, 4) is 0 Å². The van der Waals surface area contributed by atoms with E-state index >= 15 is 0 Å². The Hall–Kier alpha value is -2.68. The molecule has 0 aromatic heterocycles. The normalized spacial score (nSPS) is 10.9. The minimum atomic E-state index is -0.218. The summed E-state index contributed by atoms with van der Waals surface area (Å²) in [5.41, 5.74) is 4.14. The summed E-state index contributed by atoms with van der Waals surface area (Å²) in [5, 5.41) is 3.85. The molecule has 2 aromatic rings. The van der Waals surface area contributed by atoms with Crippen LogP contribution >= 0.6 is 0 Å². The lowest BCUT2D eigenvalue weighted by atomic mass is 10.2. The second kappa shape index (κ2) is 6.91. The number of allylic oxidation sites excluding steroid dienone is 1. The molecule has 1 N–H and O–H groups in total. The van der Waals surface area contributed by atoms with E-state index in [0.29, 0.717) is 5.56 Å². The minimum Gasteiger partial charge on any atom is -0.267 e. The van der Waals surface area contributed by atoms with Gasteiger partial charge in [-0.15, -0.1) is 0 Å². The largest absolute Gasteiger partial charge is 0.271 e. The average molecular weight is 250 g/mol. The molecule has 0 aliphatic rings. The Morgan fingerprint density at radius 2 is 1.58 bits per heavy atom. The van der Waals surface area contributed by atoms with Crippen LogP contribution in [0.25, 0.3) is 6.08 Å². The lowest BCUT2D eigenvalue weighted by Crippen LogP contribution is -2.16. The first kappa shape index (κ1) is 12.8. The topological polar surface area (TPSA) is 41.5 Å². The SMILES string of the molecule is O=C(NN=C/C=C/c1ccccc1)c1ccccc1. The molecular weight excluding hydrogens is 236 g/mol. The van der Waals surface area contributed by atoms with Gasteiger partial charge in [0.1, 0.15) is 0 Å². The van der Waals surface area contributed by atoms with Crippen molar-refractivity contribution in [1.29, 1.82) is 0 Å². The zero-order chi connectivity index (χ0) is 13.3. The molecule has 0 saturated carbocycles. The molecule has 0 atom stereocenters. The molecule has 2 aromatic carbocycles. The lowest BCUT2D eigenvalue weighted by Gasteiger charge is -1.97. The fourth-order valence-corrected chi connectivity index (χ4v) is 1.51. The fourth-order valence-electron chi connectivity index (χ4n) is 1.51. The Bertz CT molecular complexity index is 574. The molecule has 3 heteroatoms. The van der Waals surface area contributed by atoms with Gasteiger partial charge in [0.25, 0.3) is 5.91 Å². The lowest BCUT2D eigenvalue weighted by molar-refractivity contribution is 0.0955. The molecule has 2 rings (SSSR count). The van der Waals surface area contributed by atoms with Crippen molar-refractivity contribution in [3.63, 3.8) is 0 Å². The highest BCUT2D eigenvalue weighted by atomic mass is 16.2. The van der Waals surface area contributed by atoms with Gasteiger partial charge in [0, 0.05) is 11.8 Å².